The molecule has 0 amide bonds. The molecule has 0 N–H and O–H groups in total. The lowest BCUT2D eigenvalue weighted by atomic mass is 10.3. The zero-order valence-electron chi connectivity index (χ0n) is 6.14. The summed E-state index contributed by atoms with van der Waals surface area (Å²) in [5, 5.41) is 9.77. The van der Waals surface area contributed by atoms with Crippen LogP contribution in [0.5, 0.6) is 0 Å². The molecular weight excluding hydrogens is 192 g/mol. The fourth-order valence-corrected chi connectivity index (χ4v) is 1.84. The molecule has 1 atom stereocenters. The van der Waals surface area contributed by atoms with Gasteiger partial charge in [-0.25, -0.2) is 0 Å². The van der Waals surface area contributed by atoms with Crippen molar-refractivity contribution in [3.8, 4) is 0 Å². The first-order valence-corrected chi connectivity index (χ1v) is 4.77. The number of thiocarbonyl (C=S) groups is 1. The standard InChI is InChI=1S/C7H6N2OS2/c11-7-9-8-6(10-7)4-5-2-1-3-12-5/h1-3,6H,4H2. The summed E-state index contributed by atoms with van der Waals surface area (Å²) in [7, 11) is 0. The van der Waals surface area contributed by atoms with Gasteiger partial charge in [-0.15, -0.1) is 21.6 Å². The van der Waals surface area contributed by atoms with Gasteiger partial charge in [0.15, 0.2) is 0 Å². The van der Waals surface area contributed by atoms with Crippen LogP contribution in [0, 0.1) is 0 Å². The molecule has 2 heterocycles. The number of rotatable bonds is 2. The fourth-order valence-electron chi connectivity index (χ4n) is 0.958. The molecule has 0 bridgehead atoms. The van der Waals surface area contributed by atoms with Crippen molar-refractivity contribution >= 4 is 28.7 Å². The van der Waals surface area contributed by atoms with Crippen LogP contribution in [0.4, 0.5) is 0 Å². The molecule has 0 saturated carbocycles. The molecule has 0 aliphatic carbocycles. The summed E-state index contributed by atoms with van der Waals surface area (Å²) in [6.07, 6.45) is 0.567. The van der Waals surface area contributed by atoms with Crippen LogP contribution in [0.2, 0.25) is 0 Å². The molecule has 2 rings (SSSR count). The number of thiophene rings is 1. The van der Waals surface area contributed by atoms with E-state index in [0.29, 0.717) is 0 Å². The molecule has 0 spiro atoms. The Morgan fingerprint density at radius 2 is 2.58 bits per heavy atom. The second kappa shape index (κ2) is 3.28. The first kappa shape index (κ1) is 7.82. The Bertz CT molecular complexity index is 307. The molecule has 1 aromatic rings. The highest BCUT2D eigenvalue weighted by Gasteiger charge is 2.17. The third kappa shape index (κ3) is 1.67. The summed E-state index contributed by atoms with van der Waals surface area (Å²) in [4.78, 5) is 1.24. The van der Waals surface area contributed by atoms with Crippen LogP contribution in [0.1, 0.15) is 4.88 Å². The summed E-state index contributed by atoms with van der Waals surface area (Å²) >= 11 is 6.40. The maximum Gasteiger partial charge on any atom is 0.304 e. The van der Waals surface area contributed by atoms with Crippen LogP contribution in [-0.2, 0) is 11.2 Å². The third-order valence-corrected chi connectivity index (χ3v) is 2.54. The van der Waals surface area contributed by atoms with Crippen molar-refractivity contribution in [2.75, 3.05) is 0 Å². The minimum atomic E-state index is -0.198. The highest BCUT2D eigenvalue weighted by Crippen LogP contribution is 2.17. The minimum Gasteiger partial charge on any atom is -0.440 e. The van der Waals surface area contributed by atoms with Crippen molar-refractivity contribution in [2.24, 2.45) is 10.2 Å². The molecule has 0 aromatic carbocycles. The van der Waals surface area contributed by atoms with Gasteiger partial charge in [-0.1, -0.05) is 6.07 Å². The smallest absolute Gasteiger partial charge is 0.304 e. The largest absolute Gasteiger partial charge is 0.440 e. The Balaban J connectivity index is 1.97. The molecule has 1 unspecified atom stereocenters. The Morgan fingerprint density at radius 3 is 3.17 bits per heavy atom. The summed E-state index contributed by atoms with van der Waals surface area (Å²) in [6, 6.07) is 4.05. The summed E-state index contributed by atoms with van der Waals surface area (Å²) in [5.74, 6) is 0. The number of ether oxygens (including phenoxy) is 1. The van der Waals surface area contributed by atoms with E-state index < -0.39 is 0 Å². The molecular formula is C7H6N2OS2. The number of hydrogen-bond donors (Lipinski definition) is 0. The van der Waals surface area contributed by atoms with E-state index in [1.807, 2.05) is 17.5 Å². The van der Waals surface area contributed by atoms with Gasteiger partial charge in [0.05, 0.1) is 0 Å². The molecule has 3 nitrogen and oxygen atoms in total. The first-order chi connectivity index (χ1) is 5.84. The van der Waals surface area contributed by atoms with Gasteiger partial charge < -0.3 is 4.74 Å². The van der Waals surface area contributed by atoms with Crippen molar-refractivity contribution < 1.29 is 4.74 Å². The normalized spacial score (nSPS) is 21.3. The number of azo groups is 1. The Hall–Kier alpha value is -0.810. The number of hydrogen-bond acceptors (Lipinski definition) is 4. The van der Waals surface area contributed by atoms with E-state index >= 15 is 0 Å². The van der Waals surface area contributed by atoms with E-state index in [1.54, 1.807) is 11.3 Å². The average Bonchev–Trinajstić information content (AvgIpc) is 2.63. The number of nitrogens with zero attached hydrogens (tertiary/aromatic N) is 2. The van der Waals surface area contributed by atoms with E-state index in [4.69, 9.17) is 17.0 Å². The van der Waals surface area contributed by atoms with E-state index in [9.17, 15) is 0 Å². The van der Waals surface area contributed by atoms with Crippen LogP contribution < -0.4 is 0 Å². The predicted molar refractivity (Wildman–Crippen MR) is 50.4 cm³/mol. The van der Waals surface area contributed by atoms with Crippen LogP contribution >= 0.6 is 23.6 Å². The lowest BCUT2D eigenvalue weighted by Gasteiger charge is -2.02. The lowest BCUT2D eigenvalue weighted by Crippen LogP contribution is -2.08. The summed E-state index contributed by atoms with van der Waals surface area (Å²) < 4.78 is 5.14. The molecule has 1 aliphatic rings. The lowest BCUT2D eigenvalue weighted by molar-refractivity contribution is 0.223. The minimum absolute atomic E-state index is 0.198. The maximum absolute atomic E-state index is 5.14. The van der Waals surface area contributed by atoms with Crippen molar-refractivity contribution in [3.63, 3.8) is 0 Å². The van der Waals surface area contributed by atoms with Crippen molar-refractivity contribution in [3.05, 3.63) is 22.4 Å². The molecule has 0 saturated heterocycles. The Morgan fingerprint density at radius 1 is 1.67 bits per heavy atom. The van der Waals surface area contributed by atoms with E-state index in [0.717, 1.165) is 6.42 Å². The van der Waals surface area contributed by atoms with Gasteiger partial charge in [0.25, 0.3) is 0 Å². The molecule has 5 heteroatoms. The molecule has 1 aliphatic heterocycles. The second-order valence-corrected chi connectivity index (χ2v) is 3.72. The third-order valence-electron chi connectivity index (χ3n) is 1.46. The van der Waals surface area contributed by atoms with Gasteiger partial charge in [-0.05, 0) is 23.7 Å². The van der Waals surface area contributed by atoms with Crippen LogP contribution in [-0.4, -0.2) is 11.4 Å². The van der Waals surface area contributed by atoms with E-state index in [2.05, 4.69) is 10.2 Å². The van der Waals surface area contributed by atoms with Crippen LogP contribution in [0.3, 0.4) is 0 Å². The quantitative estimate of drug-likeness (QED) is 0.684. The molecule has 1 aromatic heterocycles. The van der Waals surface area contributed by atoms with Gasteiger partial charge in [-0.2, -0.15) is 0 Å². The van der Waals surface area contributed by atoms with E-state index in [1.165, 1.54) is 4.88 Å². The summed E-state index contributed by atoms with van der Waals surface area (Å²) in [5.41, 5.74) is 0. The topological polar surface area (TPSA) is 34.0 Å². The highest BCUT2D eigenvalue weighted by atomic mass is 32.1. The Kier molecular flexibility index (Phi) is 2.14. The molecule has 62 valence electrons. The fraction of sp³-hybridized carbons (Fsp3) is 0.286. The first-order valence-electron chi connectivity index (χ1n) is 3.48. The predicted octanol–water partition coefficient (Wildman–Crippen LogP) is 2.38. The zero-order chi connectivity index (χ0) is 8.39. The molecule has 0 radical (unpaired) electrons. The van der Waals surface area contributed by atoms with Gasteiger partial charge in [-0.3, -0.25) is 0 Å². The van der Waals surface area contributed by atoms with Crippen molar-refractivity contribution in [1.29, 1.82) is 0 Å². The van der Waals surface area contributed by atoms with Gasteiger partial charge >= 0.3 is 5.17 Å². The second-order valence-electron chi connectivity index (χ2n) is 2.34. The highest BCUT2D eigenvalue weighted by molar-refractivity contribution is 7.80. The van der Waals surface area contributed by atoms with Gasteiger partial charge in [0.2, 0.25) is 6.23 Å². The summed E-state index contributed by atoms with van der Waals surface area (Å²) in [6.45, 7) is 0. The monoisotopic (exact) mass is 198 g/mol. The van der Waals surface area contributed by atoms with Crippen molar-refractivity contribution in [2.45, 2.75) is 12.6 Å². The van der Waals surface area contributed by atoms with Gasteiger partial charge in [0.1, 0.15) is 0 Å². The zero-order valence-corrected chi connectivity index (χ0v) is 7.77. The average molecular weight is 198 g/mol. The van der Waals surface area contributed by atoms with Gasteiger partial charge in [0, 0.05) is 11.3 Å². The van der Waals surface area contributed by atoms with Crippen LogP contribution in [0.15, 0.2) is 27.7 Å². The molecule has 12 heavy (non-hydrogen) atoms. The Labute approximate surface area is 79.1 Å². The van der Waals surface area contributed by atoms with Crippen LogP contribution in [0.25, 0.3) is 0 Å². The maximum atomic E-state index is 5.14. The van der Waals surface area contributed by atoms with E-state index in [-0.39, 0.29) is 11.4 Å². The van der Waals surface area contributed by atoms with Crippen molar-refractivity contribution in [1.82, 2.24) is 0 Å². The SMILES string of the molecule is S=C1N=NC(Cc2cccs2)O1. The molecule has 0 fully saturated rings.